The third-order valence-electron chi connectivity index (χ3n) is 2.66. The summed E-state index contributed by atoms with van der Waals surface area (Å²) in [6.07, 6.45) is 2.04. The number of rotatable bonds is 4. The first-order chi connectivity index (χ1) is 8.83. The summed E-state index contributed by atoms with van der Waals surface area (Å²) in [5.74, 6) is 0. The Balaban J connectivity index is 2.16. The van der Waals surface area contributed by atoms with Gasteiger partial charge < -0.3 is 5.32 Å². The Hall–Kier alpha value is -1.92. The zero-order valence-electron chi connectivity index (χ0n) is 10.1. The van der Waals surface area contributed by atoms with Crippen LogP contribution in [0.25, 0.3) is 0 Å². The number of hydrogen-bond acceptors (Lipinski definition) is 3. The Bertz CT molecular complexity index is 529. The van der Waals surface area contributed by atoms with Crippen LogP contribution in [-0.4, -0.2) is 6.26 Å². The highest BCUT2D eigenvalue weighted by atomic mass is 32.2. The van der Waals surface area contributed by atoms with E-state index in [1.165, 1.54) is 4.90 Å². The van der Waals surface area contributed by atoms with E-state index >= 15 is 0 Å². The minimum atomic E-state index is -0.316. The van der Waals surface area contributed by atoms with Crippen molar-refractivity contribution >= 4 is 17.4 Å². The van der Waals surface area contributed by atoms with Crippen molar-refractivity contribution in [2.75, 3.05) is 11.6 Å². The Kier molecular flexibility index (Phi) is 4.27. The predicted octanol–water partition coefficient (Wildman–Crippen LogP) is 4.09. The highest BCUT2D eigenvalue weighted by Gasteiger charge is 2.09. The second kappa shape index (κ2) is 6.13. The normalized spacial score (nSPS) is 11.6. The molecule has 0 radical (unpaired) electrons. The Labute approximate surface area is 112 Å². The van der Waals surface area contributed by atoms with Gasteiger partial charge in [-0.3, -0.25) is 0 Å². The van der Waals surface area contributed by atoms with Crippen LogP contribution in [0.15, 0.2) is 59.5 Å². The summed E-state index contributed by atoms with van der Waals surface area (Å²) in [6, 6.07) is 19.8. The first kappa shape index (κ1) is 12.5. The molecule has 0 amide bonds. The molecule has 2 aromatic carbocycles. The van der Waals surface area contributed by atoms with Gasteiger partial charge in [0.15, 0.2) is 0 Å². The average Bonchev–Trinajstić information content (AvgIpc) is 2.46. The molecule has 2 rings (SSSR count). The number of nitrogens with zero attached hydrogens (tertiary/aromatic N) is 1. The number of benzene rings is 2. The molecule has 0 aliphatic carbocycles. The molecule has 0 aliphatic rings. The van der Waals surface area contributed by atoms with Crippen molar-refractivity contribution < 1.29 is 0 Å². The molecule has 1 atom stereocenters. The molecule has 0 saturated heterocycles. The standard InChI is InChI=1S/C15H14N2S/c1-18-14-9-7-12(8-10-14)15(11-16)17-13-5-3-2-4-6-13/h2-10,15,17H,1H3. The van der Waals surface area contributed by atoms with Gasteiger partial charge in [0.25, 0.3) is 0 Å². The number of anilines is 1. The molecule has 18 heavy (non-hydrogen) atoms. The molecule has 2 nitrogen and oxygen atoms in total. The minimum Gasteiger partial charge on any atom is -0.366 e. The van der Waals surface area contributed by atoms with E-state index in [0.717, 1.165) is 11.3 Å². The van der Waals surface area contributed by atoms with E-state index in [1.54, 1.807) is 11.8 Å². The molecule has 0 spiro atoms. The summed E-state index contributed by atoms with van der Waals surface area (Å²) >= 11 is 1.70. The minimum absolute atomic E-state index is 0.316. The first-order valence-corrected chi connectivity index (χ1v) is 6.91. The largest absolute Gasteiger partial charge is 0.366 e. The molecule has 2 aromatic rings. The molecule has 1 unspecified atom stereocenters. The average molecular weight is 254 g/mol. The van der Waals surface area contributed by atoms with Crippen molar-refractivity contribution in [2.24, 2.45) is 0 Å². The molecule has 0 bridgehead atoms. The molecule has 0 fully saturated rings. The summed E-state index contributed by atoms with van der Waals surface area (Å²) < 4.78 is 0. The lowest BCUT2D eigenvalue weighted by Gasteiger charge is -2.13. The van der Waals surface area contributed by atoms with Crippen molar-refractivity contribution in [2.45, 2.75) is 10.9 Å². The smallest absolute Gasteiger partial charge is 0.140 e. The maximum absolute atomic E-state index is 9.25. The number of para-hydroxylation sites is 1. The van der Waals surface area contributed by atoms with Gasteiger partial charge in [-0.2, -0.15) is 5.26 Å². The SMILES string of the molecule is CSc1ccc(C(C#N)Nc2ccccc2)cc1. The quantitative estimate of drug-likeness (QED) is 0.835. The lowest BCUT2D eigenvalue weighted by Crippen LogP contribution is -2.08. The van der Waals surface area contributed by atoms with Gasteiger partial charge in [0.1, 0.15) is 6.04 Å². The van der Waals surface area contributed by atoms with Crippen molar-refractivity contribution in [1.29, 1.82) is 5.26 Å². The van der Waals surface area contributed by atoms with Crippen LogP contribution in [0.3, 0.4) is 0 Å². The van der Waals surface area contributed by atoms with Crippen LogP contribution in [0.2, 0.25) is 0 Å². The second-order valence-electron chi connectivity index (χ2n) is 3.85. The van der Waals surface area contributed by atoms with Gasteiger partial charge in [-0.1, -0.05) is 30.3 Å². The van der Waals surface area contributed by atoms with Crippen molar-refractivity contribution in [3.05, 3.63) is 60.2 Å². The van der Waals surface area contributed by atoms with Gasteiger partial charge in [-0.15, -0.1) is 11.8 Å². The van der Waals surface area contributed by atoms with Gasteiger partial charge in [0.2, 0.25) is 0 Å². The summed E-state index contributed by atoms with van der Waals surface area (Å²) in [6.45, 7) is 0. The third-order valence-corrected chi connectivity index (χ3v) is 3.41. The van der Waals surface area contributed by atoms with E-state index in [4.69, 9.17) is 0 Å². The van der Waals surface area contributed by atoms with Crippen LogP contribution in [0.5, 0.6) is 0 Å². The molecule has 1 N–H and O–H groups in total. The topological polar surface area (TPSA) is 35.8 Å². The fourth-order valence-corrected chi connectivity index (χ4v) is 2.10. The molecule has 90 valence electrons. The maximum Gasteiger partial charge on any atom is 0.140 e. The van der Waals surface area contributed by atoms with Crippen molar-refractivity contribution in [3.63, 3.8) is 0 Å². The van der Waals surface area contributed by atoms with E-state index in [0.29, 0.717) is 0 Å². The lowest BCUT2D eigenvalue weighted by molar-refractivity contribution is 0.994. The van der Waals surface area contributed by atoms with Crippen LogP contribution in [0.1, 0.15) is 11.6 Å². The van der Waals surface area contributed by atoms with Crippen LogP contribution < -0.4 is 5.32 Å². The summed E-state index contributed by atoms with van der Waals surface area (Å²) in [5.41, 5.74) is 1.94. The van der Waals surface area contributed by atoms with E-state index in [2.05, 4.69) is 11.4 Å². The van der Waals surface area contributed by atoms with Gasteiger partial charge in [0.05, 0.1) is 6.07 Å². The van der Waals surface area contributed by atoms with Crippen molar-refractivity contribution in [1.82, 2.24) is 0 Å². The number of nitriles is 1. The number of nitrogens with one attached hydrogen (secondary N) is 1. The fraction of sp³-hybridized carbons (Fsp3) is 0.133. The van der Waals surface area contributed by atoms with Crippen LogP contribution >= 0.6 is 11.8 Å². The van der Waals surface area contributed by atoms with E-state index in [-0.39, 0.29) is 6.04 Å². The summed E-state index contributed by atoms with van der Waals surface area (Å²) in [7, 11) is 0. The van der Waals surface area contributed by atoms with Gasteiger partial charge in [0, 0.05) is 10.6 Å². The van der Waals surface area contributed by atoms with Crippen LogP contribution in [-0.2, 0) is 0 Å². The van der Waals surface area contributed by atoms with Gasteiger partial charge >= 0.3 is 0 Å². The Morgan fingerprint density at radius 2 is 1.72 bits per heavy atom. The molecule has 0 aliphatic heterocycles. The highest BCUT2D eigenvalue weighted by molar-refractivity contribution is 7.98. The first-order valence-electron chi connectivity index (χ1n) is 5.68. The molecule has 0 aromatic heterocycles. The van der Waals surface area contributed by atoms with Gasteiger partial charge in [-0.05, 0) is 36.1 Å². The van der Waals surface area contributed by atoms with E-state index in [1.807, 2.05) is 60.9 Å². The van der Waals surface area contributed by atoms with E-state index in [9.17, 15) is 5.26 Å². The predicted molar refractivity (Wildman–Crippen MR) is 76.6 cm³/mol. The van der Waals surface area contributed by atoms with Crippen molar-refractivity contribution in [3.8, 4) is 6.07 Å². The lowest BCUT2D eigenvalue weighted by atomic mass is 10.1. The number of hydrogen-bond donors (Lipinski definition) is 1. The molecular weight excluding hydrogens is 240 g/mol. The molecule has 3 heteroatoms. The Morgan fingerprint density at radius 3 is 2.28 bits per heavy atom. The highest BCUT2D eigenvalue weighted by Crippen LogP contribution is 2.22. The van der Waals surface area contributed by atoms with Crippen LogP contribution in [0, 0.1) is 11.3 Å². The Morgan fingerprint density at radius 1 is 1.06 bits per heavy atom. The molecule has 0 saturated carbocycles. The summed E-state index contributed by atoms with van der Waals surface area (Å²) in [4.78, 5) is 1.20. The van der Waals surface area contributed by atoms with Gasteiger partial charge in [-0.25, -0.2) is 0 Å². The summed E-state index contributed by atoms with van der Waals surface area (Å²) in [5, 5.41) is 12.5. The third kappa shape index (κ3) is 3.06. The zero-order valence-corrected chi connectivity index (χ0v) is 10.9. The zero-order chi connectivity index (χ0) is 12.8. The van der Waals surface area contributed by atoms with E-state index < -0.39 is 0 Å². The fourth-order valence-electron chi connectivity index (χ4n) is 1.69. The number of thioether (sulfide) groups is 1. The monoisotopic (exact) mass is 254 g/mol. The second-order valence-corrected chi connectivity index (χ2v) is 4.73. The van der Waals surface area contributed by atoms with Crippen LogP contribution in [0.4, 0.5) is 5.69 Å². The maximum atomic E-state index is 9.25. The molecular formula is C15H14N2S. The molecule has 0 heterocycles.